The molecule has 1 aromatic heterocycles. The topological polar surface area (TPSA) is 51.4 Å². The number of ether oxygens (including phenoxy) is 1. The van der Waals surface area contributed by atoms with Gasteiger partial charge in [-0.2, -0.15) is 0 Å². The quantitative estimate of drug-likeness (QED) is 0.927. The minimum atomic E-state index is 0.553. The van der Waals surface area contributed by atoms with Crippen molar-refractivity contribution >= 4 is 5.82 Å². The number of rotatable bonds is 3. The molecule has 1 aromatic carbocycles. The van der Waals surface area contributed by atoms with Gasteiger partial charge < -0.3 is 10.5 Å². The first-order valence-corrected chi connectivity index (χ1v) is 6.92. The summed E-state index contributed by atoms with van der Waals surface area (Å²) in [5, 5.41) is 0. The summed E-state index contributed by atoms with van der Waals surface area (Å²) in [4.78, 5) is 6.55. The highest BCUT2D eigenvalue weighted by Gasteiger charge is 2.10. The van der Waals surface area contributed by atoms with Gasteiger partial charge in [-0.1, -0.05) is 24.3 Å². The Bertz CT molecular complexity index is 545. The van der Waals surface area contributed by atoms with Crippen LogP contribution in [-0.2, 0) is 11.3 Å². The van der Waals surface area contributed by atoms with Crippen LogP contribution in [-0.4, -0.2) is 36.2 Å². The van der Waals surface area contributed by atoms with Crippen molar-refractivity contribution in [2.75, 3.05) is 32.0 Å². The molecule has 0 atom stereocenters. The lowest BCUT2D eigenvalue weighted by molar-refractivity contribution is 0.0342. The average Bonchev–Trinajstić information content (AvgIpc) is 2.50. The molecule has 3 rings (SSSR count). The fraction of sp³-hybridized carbons (Fsp3) is 0.312. The highest BCUT2D eigenvalue weighted by molar-refractivity contribution is 5.63. The molecule has 2 aromatic rings. The van der Waals surface area contributed by atoms with Crippen LogP contribution < -0.4 is 5.73 Å². The molecule has 2 N–H and O–H groups in total. The monoisotopic (exact) mass is 269 g/mol. The predicted octanol–water partition coefficient (Wildman–Crippen LogP) is 2.16. The summed E-state index contributed by atoms with van der Waals surface area (Å²) >= 11 is 0. The standard InChI is InChI=1S/C16H19N3O/c17-16-6-5-15(11-18-16)14-3-1-13(2-4-14)12-19-7-9-20-10-8-19/h1-6,11H,7-10,12H2,(H2,17,18). The van der Waals surface area contributed by atoms with Crippen LogP contribution in [0.5, 0.6) is 0 Å². The number of hydrogen-bond acceptors (Lipinski definition) is 4. The molecule has 1 saturated heterocycles. The zero-order valence-corrected chi connectivity index (χ0v) is 11.5. The van der Waals surface area contributed by atoms with E-state index in [9.17, 15) is 0 Å². The molecule has 0 spiro atoms. The molecule has 104 valence electrons. The van der Waals surface area contributed by atoms with Crippen LogP contribution in [0.4, 0.5) is 5.82 Å². The highest BCUT2D eigenvalue weighted by Crippen LogP contribution is 2.20. The molecule has 4 heteroatoms. The van der Waals surface area contributed by atoms with Gasteiger partial charge in [0.05, 0.1) is 13.2 Å². The molecule has 0 aliphatic carbocycles. The van der Waals surface area contributed by atoms with Crippen molar-refractivity contribution in [3.05, 3.63) is 48.2 Å². The van der Waals surface area contributed by atoms with Gasteiger partial charge >= 0.3 is 0 Å². The molecule has 1 aliphatic heterocycles. The second-order valence-electron chi connectivity index (χ2n) is 5.06. The van der Waals surface area contributed by atoms with E-state index in [2.05, 4.69) is 34.1 Å². The van der Waals surface area contributed by atoms with E-state index < -0.39 is 0 Å². The lowest BCUT2D eigenvalue weighted by atomic mass is 10.1. The van der Waals surface area contributed by atoms with Crippen molar-refractivity contribution in [1.29, 1.82) is 0 Å². The Balaban J connectivity index is 1.69. The summed E-state index contributed by atoms with van der Waals surface area (Å²) in [7, 11) is 0. The first-order valence-electron chi connectivity index (χ1n) is 6.92. The van der Waals surface area contributed by atoms with Crippen LogP contribution in [0.25, 0.3) is 11.1 Å². The number of hydrogen-bond donors (Lipinski definition) is 1. The average molecular weight is 269 g/mol. The Labute approximate surface area is 119 Å². The van der Waals surface area contributed by atoms with Crippen LogP contribution >= 0.6 is 0 Å². The Kier molecular flexibility index (Phi) is 3.95. The van der Waals surface area contributed by atoms with Crippen molar-refractivity contribution in [2.24, 2.45) is 0 Å². The van der Waals surface area contributed by atoms with Crippen molar-refractivity contribution in [1.82, 2.24) is 9.88 Å². The van der Waals surface area contributed by atoms with Gasteiger partial charge in [-0.3, -0.25) is 4.90 Å². The molecular weight excluding hydrogens is 250 g/mol. The fourth-order valence-electron chi connectivity index (χ4n) is 2.40. The molecule has 0 radical (unpaired) electrons. The lowest BCUT2D eigenvalue weighted by Crippen LogP contribution is -2.35. The maximum Gasteiger partial charge on any atom is 0.123 e. The minimum Gasteiger partial charge on any atom is -0.384 e. The van der Waals surface area contributed by atoms with Gasteiger partial charge in [0.15, 0.2) is 0 Å². The Morgan fingerprint density at radius 1 is 1.00 bits per heavy atom. The Hall–Kier alpha value is -1.91. The van der Waals surface area contributed by atoms with Crippen LogP contribution in [0.1, 0.15) is 5.56 Å². The number of pyridine rings is 1. The van der Waals surface area contributed by atoms with Crippen molar-refractivity contribution in [3.63, 3.8) is 0 Å². The Morgan fingerprint density at radius 2 is 1.70 bits per heavy atom. The number of morpholine rings is 1. The molecule has 0 saturated carbocycles. The summed E-state index contributed by atoms with van der Waals surface area (Å²) in [5.74, 6) is 0.553. The molecule has 1 fully saturated rings. The largest absolute Gasteiger partial charge is 0.384 e. The van der Waals surface area contributed by atoms with E-state index in [-0.39, 0.29) is 0 Å². The minimum absolute atomic E-state index is 0.553. The Morgan fingerprint density at radius 3 is 2.35 bits per heavy atom. The number of benzene rings is 1. The van der Waals surface area contributed by atoms with Gasteiger partial charge in [-0.25, -0.2) is 4.98 Å². The van der Waals surface area contributed by atoms with Gasteiger partial charge in [0, 0.05) is 31.4 Å². The fourth-order valence-corrected chi connectivity index (χ4v) is 2.40. The smallest absolute Gasteiger partial charge is 0.123 e. The summed E-state index contributed by atoms with van der Waals surface area (Å²) in [5.41, 5.74) is 9.20. The summed E-state index contributed by atoms with van der Waals surface area (Å²) in [6.45, 7) is 4.71. The van der Waals surface area contributed by atoms with E-state index in [1.807, 2.05) is 18.3 Å². The second kappa shape index (κ2) is 6.03. The summed E-state index contributed by atoms with van der Waals surface area (Å²) in [6.07, 6.45) is 1.81. The van der Waals surface area contributed by atoms with Gasteiger partial charge in [-0.05, 0) is 23.3 Å². The number of nitrogen functional groups attached to an aromatic ring is 1. The maximum absolute atomic E-state index is 5.61. The molecular formula is C16H19N3O. The molecule has 0 amide bonds. The normalized spacial score (nSPS) is 16.2. The SMILES string of the molecule is Nc1ccc(-c2ccc(CN3CCOCC3)cc2)cn1. The van der Waals surface area contributed by atoms with Crippen molar-refractivity contribution < 1.29 is 4.74 Å². The first kappa shape index (κ1) is 13.1. The van der Waals surface area contributed by atoms with Crippen LogP contribution in [0.3, 0.4) is 0 Å². The van der Waals surface area contributed by atoms with Crippen LogP contribution in [0, 0.1) is 0 Å². The van der Waals surface area contributed by atoms with E-state index in [0.29, 0.717) is 5.82 Å². The van der Waals surface area contributed by atoms with Crippen LogP contribution in [0.15, 0.2) is 42.6 Å². The number of aromatic nitrogens is 1. The third-order valence-electron chi connectivity index (χ3n) is 3.58. The van der Waals surface area contributed by atoms with E-state index in [1.54, 1.807) is 0 Å². The van der Waals surface area contributed by atoms with Gasteiger partial charge in [0.25, 0.3) is 0 Å². The third kappa shape index (κ3) is 3.15. The summed E-state index contributed by atoms with van der Waals surface area (Å²) in [6, 6.07) is 12.5. The maximum atomic E-state index is 5.61. The van der Waals surface area contributed by atoms with E-state index in [4.69, 9.17) is 10.5 Å². The number of nitrogens with zero attached hydrogens (tertiary/aromatic N) is 2. The molecule has 20 heavy (non-hydrogen) atoms. The van der Waals surface area contributed by atoms with Gasteiger partial charge in [-0.15, -0.1) is 0 Å². The second-order valence-corrected chi connectivity index (χ2v) is 5.06. The number of nitrogens with two attached hydrogens (primary N) is 1. The lowest BCUT2D eigenvalue weighted by Gasteiger charge is -2.26. The molecule has 2 heterocycles. The molecule has 1 aliphatic rings. The molecule has 0 bridgehead atoms. The predicted molar refractivity (Wildman–Crippen MR) is 80.2 cm³/mol. The summed E-state index contributed by atoms with van der Waals surface area (Å²) < 4.78 is 5.37. The zero-order valence-electron chi connectivity index (χ0n) is 11.5. The van der Waals surface area contributed by atoms with Crippen LogP contribution in [0.2, 0.25) is 0 Å². The molecule has 4 nitrogen and oxygen atoms in total. The molecule has 0 unspecified atom stereocenters. The zero-order chi connectivity index (χ0) is 13.8. The third-order valence-corrected chi connectivity index (χ3v) is 3.58. The number of anilines is 1. The first-order chi connectivity index (χ1) is 9.81. The van der Waals surface area contributed by atoms with Gasteiger partial charge in [0.2, 0.25) is 0 Å². The van der Waals surface area contributed by atoms with E-state index in [0.717, 1.165) is 38.4 Å². The van der Waals surface area contributed by atoms with Crippen molar-refractivity contribution in [3.8, 4) is 11.1 Å². The van der Waals surface area contributed by atoms with E-state index in [1.165, 1.54) is 11.1 Å². The van der Waals surface area contributed by atoms with E-state index >= 15 is 0 Å². The highest BCUT2D eigenvalue weighted by atomic mass is 16.5. The van der Waals surface area contributed by atoms with Gasteiger partial charge in [0.1, 0.15) is 5.82 Å². The van der Waals surface area contributed by atoms with Crippen molar-refractivity contribution in [2.45, 2.75) is 6.54 Å².